The van der Waals surface area contributed by atoms with E-state index in [4.69, 9.17) is 0 Å². The Balaban J connectivity index is 2.01. The van der Waals surface area contributed by atoms with Gasteiger partial charge in [0.25, 0.3) is 15.7 Å². The zero-order valence-electron chi connectivity index (χ0n) is 18.8. The molecule has 0 radical (unpaired) electrons. The molecule has 0 aliphatic carbocycles. The van der Waals surface area contributed by atoms with Crippen LogP contribution < -0.4 is 9.62 Å². The minimum atomic E-state index is -4.06. The van der Waals surface area contributed by atoms with Crippen LogP contribution in [0.15, 0.2) is 65.6 Å². The second-order valence-corrected chi connectivity index (χ2v) is 9.73. The predicted octanol–water partition coefficient (Wildman–Crippen LogP) is 4.66. The van der Waals surface area contributed by atoms with Crippen LogP contribution in [0.1, 0.15) is 22.3 Å². The Kier molecular flexibility index (Phi) is 6.83. The normalized spacial score (nSPS) is 11.2. The van der Waals surface area contributed by atoms with E-state index in [0.29, 0.717) is 11.3 Å². The van der Waals surface area contributed by atoms with Gasteiger partial charge in [0.15, 0.2) is 0 Å². The molecule has 0 aliphatic rings. The number of rotatable bonds is 7. The number of carbonyl (C=O) groups is 1. The van der Waals surface area contributed by atoms with Gasteiger partial charge in [0.05, 0.1) is 26.8 Å². The lowest BCUT2D eigenvalue weighted by atomic mass is 10.1. The lowest BCUT2D eigenvalue weighted by molar-refractivity contribution is -0.385. The molecular formula is C24H25N3O5S. The zero-order valence-corrected chi connectivity index (χ0v) is 19.6. The maximum absolute atomic E-state index is 13.6. The summed E-state index contributed by atoms with van der Waals surface area (Å²) in [6.07, 6.45) is 0. The highest BCUT2D eigenvalue weighted by atomic mass is 32.2. The van der Waals surface area contributed by atoms with E-state index in [-0.39, 0.29) is 21.8 Å². The van der Waals surface area contributed by atoms with Crippen LogP contribution in [0.4, 0.5) is 17.1 Å². The average molecular weight is 468 g/mol. The third kappa shape index (κ3) is 5.20. The average Bonchev–Trinajstić information content (AvgIpc) is 2.75. The molecular weight excluding hydrogens is 442 g/mol. The van der Waals surface area contributed by atoms with E-state index in [1.807, 2.05) is 19.9 Å². The Bertz CT molecular complexity index is 1320. The van der Waals surface area contributed by atoms with Crippen molar-refractivity contribution < 1.29 is 18.1 Å². The van der Waals surface area contributed by atoms with E-state index in [1.54, 1.807) is 31.2 Å². The summed E-state index contributed by atoms with van der Waals surface area (Å²) in [5, 5.41) is 13.8. The number of hydrogen-bond acceptors (Lipinski definition) is 5. The van der Waals surface area contributed by atoms with Crippen molar-refractivity contribution in [3.8, 4) is 0 Å². The number of nitro benzene ring substituents is 1. The molecule has 0 bridgehead atoms. The molecule has 0 saturated heterocycles. The van der Waals surface area contributed by atoms with Gasteiger partial charge < -0.3 is 5.32 Å². The molecule has 0 heterocycles. The fourth-order valence-electron chi connectivity index (χ4n) is 3.40. The quantitative estimate of drug-likeness (QED) is 0.401. The Labute approximate surface area is 193 Å². The molecule has 0 aromatic heterocycles. The number of benzene rings is 3. The van der Waals surface area contributed by atoms with Crippen LogP contribution >= 0.6 is 0 Å². The van der Waals surface area contributed by atoms with Gasteiger partial charge >= 0.3 is 0 Å². The minimum absolute atomic E-state index is 0.0633. The Morgan fingerprint density at radius 3 is 2.24 bits per heavy atom. The van der Waals surface area contributed by atoms with Crippen LogP contribution in [0.3, 0.4) is 0 Å². The van der Waals surface area contributed by atoms with Crippen molar-refractivity contribution in [1.82, 2.24) is 0 Å². The molecule has 0 saturated carbocycles. The van der Waals surface area contributed by atoms with Crippen LogP contribution in [0.2, 0.25) is 0 Å². The molecule has 0 aliphatic heterocycles. The van der Waals surface area contributed by atoms with Crippen LogP contribution in [-0.4, -0.2) is 25.8 Å². The maximum Gasteiger partial charge on any atom is 0.274 e. The standard InChI is InChI=1S/C24H25N3O5S/c1-16-9-12-20(13-10-16)33(31,32)26(23-14-17(2)8-11-18(23)3)15-24(28)25-21-6-5-7-22(19(21)4)27(29)30/h5-14H,15H2,1-4H3,(H,25,28). The Morgan fingerprint density at radius 1 is 0.970 bits per heavy atom. The number of nitrogens with one attached hydrogen (secondary N) is 1. The second kappa shape index (κ2) is 9.41. The van der Waals surface area contributed by atoms with Crippen molar-refractivity contribution in [2.45, 2.75) is 32.6 Å². The highest BCUT2D eigenvalue weighted by Gasteiger charge is 2.29. The van der Waals surface area contributed by atoms with Crippen molar-refractivity contribution in [2.24, 2.45) is 0 Å². The van der Waals surface area contributed by atoms with Crippen molar-refractivity contribution in [3.63, 3.8) is 0 Å². The number of nitrogens with zero attached hydrogens (tertiary/aromatic N) is 2. The number of anilines is 2. The fourth-order valence-corrected chi connectivity index (χ4v) is 4.88. The highest BCUT2D eigenvalue weighted by molar-refractivity contribution is 7.92. The number of hydrogen-bond donors (Lipinski definition) is 1. The first-order chi connectivity index (χ1) is 15.5. The van der Waals surface area contributed by atoms with Gasteiger partial charge in [-0.15, -0.1) is 0 Å². The molecule has 0 unspecified atom stereocenters. The van der Waals surface area contributed by atoms with E-state index in [9.17, 15) is 23.3 Å². The molecule has 3 aromatic rings. The minimum Gasteiger partial charge on any atom is -0.324 e. The molecule has 9 heteroatoms. The van der Waals surface area contributed by atoms with Gasteiger partial charge in [-0.05, 0) is 63.1 Å². The molecule has 3 aromatic carbocycles. The number of carbonyl (C=O) groups excluding carboxylic acids is 1. The summed E-state index contributed by atoms with van der Waals surface area (Å²) in [7, 11) is -4.06. The van der Waals surface area contributed by atoms with Crippen LogP contribution in [0.5, 0.6) is 0 Å². The lowest BCUT2D eigenvalue weighted by Gasteiger charge is -2.26. The summed E-state index contributed by atoms with van der Waals surface area (Å²) in [6, 6.07) is 16.1. The first-order valence-electron chi connectivity index (χ1n) is 10.2. The first-order valence-corrected chi connectivity index (χ1v) is 11.6. The predicted molar refractivity (Wildman–Crippen MR) is 128 cm³/mol. The molecule has 3 rings (SSSR count). The Morgan fingerprint density at radius 2 is 1.61 bits per heavy atom. The largest absolute Gasteiger partial charge is 0.324 e. The van der Waals surface area contributed by atoms with Gasteiger partial charge in [0.1, 0.15) is 6.54 Å². The second-order valence-electron chi connectivity index (χ2n) is 7.87. The topological polar surface area (TPSA) is 110 Å². The third-order valence-corrected chi connectivity index (χ3v) is 7.08. The molecule has 1 amide bonds. The van der Waals surface area contributed by atoms with Gasteiger partial charge in [-0.3, -0.25) is 19.2 Å². The summed E-state index contributed by atoms with van der Waals surface area (Å²) in [4.78, 5) is 23.7. The van der Waals surface area contributed by atoms with Crippen molar-refractivity contribution >= 4 is 33.0 Å². The SMILES string of the molecule is Cc1ccc(S(=O)(=O)N(CC(=O)Nc2cccc([N+](=O)[O-])c2C)c2cc(C)ccc2C)cc1. The molecule has 1 N–H and O–H groups in total. The van der Waals surface area contributed by atoms with E-state index in [2.05, 4.69) is 5.32 Å². The monoisotopic (exact) mass is 467 g/mol. The summed E-state index contributed by atoms with van der Waals surface area (Å²) < 4.78 is 28.2. The molecule has 0 atom stereocenters. The molecule has 0 fully saturated rings. The van der Waals surface area contributed by atoms with E-state index >= 15 is 0 Å². The van der Waals surface area contributed by atoms with E-state index in [0.717, 1.165) is 15.4 Å². The molecule has 33 heavy (non-hydrogen) atoms. The zero-order chi connectivity index (χ0) is 24.3. The lowest BCUT2D eigenvalue weighted by Crippen LogP contribution is -2.38. The van der Waals surface area contributed by atoms with Gasteiger partial charge in [-0.1, -0.05) is 35.9 Å². The van der Waals surface area contributed by atoms with Gasteiger partial charge in [-0.25, -0.2) is 8.42 Å². The highest BCUT2D eigenvalue weighted by Crippen LogP contribution is 2.29. The Hall–Kier alpha value is -3.72. The number of sulfonamides is 1. The van der Waals surface area contributed by atoms with E-state index < -0.39 is 27.4 Å². The van der Waals surface area contributed by atoms with Gasteiger partial charge in [-0.2, -0.15) is 0 Å². The summed E-state index contributed by atoms with van der Waals surface area (Å²) in [5.74, 6) is -0.616. The van der Waals surface area contributed by atoms with Gasteiger partial charge in [0.2, 0.25) is 5.91 Å². The van der Waals surface area contributed by atoms with Crippen molar-refractivity contribution in [1.29, 1.82) is 0 Å². The maximum atomic E-state index is 13.6. The number of amides is 1. The number of aryl methyl sites for hydroxylation is 3. The summed E-state index contributed by atoms with van der Waals surface area (Å²) >= 11 is 0. The van der Waals surface area contributed by atoms with Crippen LogP contribution in [0.25, 0.3) is 0 Å². The summed E-state index contributed by atoms with van der Waals surface area (Å²) in [5.41, 5.74) is 3.24. The smallest absolute Gasteiger partial charge is 0.274 e. The number of nitro groups is 1. The third-order valence-electron chi connectivity index (χ3n) is 5.31. The van der Waals surface area contributed by atoms with Gasteiger partial charge in [0, 0.05) is 6.07 Å². The van der Waals surface area contributed by atoms with E-state index in [1.165, 1.54) is 37.3 Å². The van der Waals surface area contributed by atoms with Crippen molar-refractivity contribution in [2.75, 3.05) is 16.2 Å². The summed E-state index contributed by atoms with van der Waals surface area (Å²) in [6.45, 7) is 6.50. The first kappa shape index (κ1) is 23.9. The fraction of sp³-hybridized carbons (Fsp3) is 0.208. The molecule has 8 nitrogen and oxygen atoms in total. The van der Waals surface area contributed by atoms with Crippen LogP contribution in [-0.2, 0) is 14.8 Å². The molecule has 0 spiro atoms. The van der Waals surface area contributed by atoms with Crippen molar-refractivity contribution in [3.05, 3.63) is 93.0 Å². The van der Waals surface area contributed by atoms with Crippen LogP contribution in [0, 0.1) is 37.8 Å². The molecule has 172 valence electrons.